The van der Waals surface area contributed by atoms with Crippen LogP contribution < -0.4 is 5.32 Å². The number of fused-ring (bicyclic) bond motifs is 1. The van der Waals surface area contributed by atoms with Crippen LogP contribution in [0.3, 0.4) is 0 Å². The fourth-order valence-electron chi connectivity index (χ4n) is 2.36. The highest BCUT2D eigenvalue weighted by atomic mass is 79.9. The zero-order chi connectivity index (χ0) is 14.9. The molecule has 0 fully saturated rings. The van der Waals surface area contributed by atoms with Gasteiger partial charge in [-0.2, -0.15) is 0 Å². The minimum absolute atomic E-state index is 0.112. The summed E-state index contributed by atoms with van der Waals surface area (Å²) in [6.07, 6.45) is 0. The molecule has 0 aliphatic rings. The van der Waals surface area contributed by atoms with Gasteiger partial charge < -0.3 is 19.7 Å². The molecule has 20 heavy (non-hydrogen) atoms. The first kappa shape index (κ1) is 14.9. The Hall–Kier alpha value is -1.53. The second-order valence-corrected chi connectivity index (χ2v) is 5.39. The highest BCUT2D eigenvalue weighted by Gasteiger charge is 2.23. The monoisotopic (exact) mass is 341 g/mol. The van der Waals surface area contributed by atoms with Crippen molar-refractivity contribution in [2.24, 2.45) is 7.05 Å². The van der Waals surface area contributed by atoms with E-state index in [1.165, 1.54) is 0 Å². The molecular weight excluding hydrogens is 324 g/mol. The van der Waals surface area contributed by atoms with Gasteiger partial charge in [-0.25, -0.2) is 4.79 Å². The molecule has 2 rings (SSSR count). The number of carbonyl (C=O) groups is 1. The Morgan fingerprint density at radius 3 is 2.80 bits per heavy atom. The van der Waals surface area contributed by atoms with Crippen molar-refractivity contribution < 1.29 is 20.0 Å². The first-order chi connectivity index (χ1) is 9.51. The molecule has 0 spiro atoms. The van der Waals surface area contributed by atoms with Crippen LogP contribution in [-0.2, 0) is 18.3 Å². The van der Waals surface area contributed by atoms with Gasteiger partial charge >= 0.3 is 5.97 Å². The molecule has 6 heteroatoms. The molecule has 0 saturated carbocycles. The maximum absolute atomic E-state index is 12.2. The number of benzene rings is 1. The van der Waals surface area contributed by atoms with Gasteiger partial charge in [0, 0.05) is 12.4 Å². The van der Waals surface area contributed by atoms with Gasteiger partial charge in [0.05, 0.1) is 34.9 Å². The lowest BCUT2D eigenvalue weighted by atomic mass is 10.1. The van der Waals surface area contributed by atoms with Crippen molar-refractivity contribution >= 4 is 32.8 Å². The number of ether oxygens (including phenoxy) is 1. The molecule has 0 bridgehead atoms. The molecule has 108 valence electrons. The van der Waals surface area contributed by atoms with Crippen molar-refractivity contribution in [3.8, 4) is 5.75 Å². The number of esters is 1. The van der Waals surface area contributed by atoms with Crippen LogP contribution in [0.2, 0.25) is 0 Å². The van der Waals surface area contributed by atoms with Gasteiger partial charge in [-0.3, -0.25) is 0 Å². The predicted octanol–water partition coefficient (Wildman–Crippen LogP) is 1.52. The summed E-state index contributed by atoms with van der Waals surface area (Å²) in [5.41, 5.74) is 2.30. The summed E-state index contributed by atoms with van der Waals surface area (Å²) in [7, 11) is 3.85. The Balaban J connectivity index is 2.76. The van der Waals surface area contributed by atoms with Crippen LogP contribution >= 0.6 is 15.9 Å². The van der Waals surface area contributed by atoms with Crippen molar-refractivity contribution in [3.05, 3.63) is 27.9 Å². The fourth-order valence-corrected chi connectivity index (χ4v) is 2.69. The SMILES string of the molecule is CCOC(=O)c1c(C[NH2+]C)n(C)c2cc(Br)c(O)cc12. The van der Waals surface area contributed by atoms with Gasteiger partial charge in [-0.15, -0.1) is 0 Å². The summed E-state index contributed by atoms with van der Waals surface area (Å²) in [4.78, 5) is 12.2. The second-order valence-electron chi connectivity index (χ2n) is 4.53. The number of hydrogen-bond acceptors (Lipinski definition) is 3. The zero-order valence-corrected chi connectivity index (χ0v) is 13.3. The molecule has 0 unspecified atom stereocenters. The van der Waals surface area contributed by atoms with E-state index >= 15 is 0 Å². The molecule has 0 aliphatic heterocycles. The van der Waals surface area contributed by atoms with Crippen LogP contribution in [0.5, 0.6) is 5.75 Å². The summed E-state index contributed by atoms with van der Waals surface area (Å²) >= 11 is 3.30. The van der Waals surface area contributed by atoms with E-state index in [4.69, 9.17) is 4.74 Å². The van der Waals surface area contributed by atoms with E-state index in [1.54, 1.807) is 13.0 Å². The Morgan fingerprint density at radius 2 is 2.20 bits per heavy atom. The number of quaternary nitrogens is 1. The average molecular weight is 342 g/mol. The van der Waals surface area contributed by atoms with Gasteiger partial charge in [0.15, 0.2) is 0 Å². The van der Waals surface area contributed by atoms with Gasteiger partial charge in [-0.05, 0) is 35.0 Å². The normalized spacial score (nSPS) is 11.0. The van der Waals surface area contributed by atoms with E-state index in [-0.39, 0.29) is 11.7 Å². The number of aromatic hydroxyl groups is 1. The summed E-state index contributed by atoms with van der Waals surface area (Å²) < 4.78 is 7.72. The standard InChI is InChI=1S/C14H17BrN2O3/c1-4-20-14(19)13-8-5-12(18)9(15)6-10(8)17(3)11(13)7-16-2/h5-6,16,18H,4,7H2,1-3H3/p+1. The lowest BCUT2D eigenvalue weighted by Gasteiger charge is -2.05. The number of nitrogens with two attached hydrogens (primary N) is 1. The van der Waals surface area contributed by atoms with Crippen molar-refractivity contribution in [1.29, 1.82) is 0 Å². The van der Waals surface area contributed by atoms with Gasteiger partial charge in [0.2, 0.25) is 0 Å². The molecule has 5 nitrogen and oxygen atoms in total. The average Bonchev–Trinajstić information content (AvgIpc) is 2.65. The molecule has 1 aromatic carbocycles. The molecule has 1 heterocycles. The Bertz CT molecular complexity index is 664. The molecule has 3 N–H and O–H groups in total. The second kappa shape index (κ2) is 5.85. The Labute approximate surface area is 125 Å². The minimum Gasteiger partial charge on any atom is -0.507 e. The number of hydrogen-bond donors (Lipinski definition) is 2. The number of carbonyl (C=O) groups excluding carboxylic acids is 1. The van der Waals surface area contributed by atoms with Crippen LogP contribution in [0.4, 0.5) is 0 Å². The van der Waals surface area contributed by atoms with Crippen molar-refractivity contribution in [2.45, 2.75) is 13.5 Å². The third kappa shape index (κ3) is 2.41. The van der Waals surface area contributed by atoms with Crippen molar-refractivity contribution in [3.63, 3.8) is 0 Å². The van der Waals surface area contributed by atoms with Crippen LogP contribution in [0, 0.1) is 0 Å². The summed E-state index contributed by atoms with van der Waals surface area (Å²) in [6.45, 7) is 2.77. The summed E-state index contributed by atoms with van der Waals surface area (Å²) in [5, 5.41) is 12.6. The molecule has 1 aromatic heterocycles. The van der Waals surface area contributed by atoms with Crippen LogP contribution in [0.1, 0.15) is 23.0 Å². The third-order valence-electron chi connectivity index (χ3n) is 3.27. The molecule has 0 saturated heterocycles. The Morgan fingerprint density at radius 1 is 1.50 bits per heavy atom. The highest BCUT2D eigenvalue weighted by molar-refractivity contribution is 9.10. The number of phenolic OH excluding ortho intramolecular Hbond substituents is 1. The first-order valence-electron chi connectivity index (χ1n) is 6.45. The van der Waals surface area contributed by atoms with Crippen molar-refractivity contribution in [2.75, 3.05) is 13.7 Å². The molecule has 0 radical (unpaired) electrons. The van der Waals surface area contributed by atoms with E-state index < -0.39 is 0 Å². The number of nitrogens with zero attached hydrogens (tertiary/aromatic N) is 1. The highest BCUT2D eigenvalue weighted by Crippen LogP contribution is 2.34. The summed E-state index contributed by atoms with van der Waals surface area (Å²) in [6, 6.07) is 3.41. The number of halogens is 1. The van der Waals surface area contributed by atoms with Crippen LogP contribution in [-0.4, -0.2) is 29.3 Å². The molecule has 0 atom stereocenters. The lowest BCUT2D eigenvalue weighted by molar-refractivity contribution is -0.644. The van der Waals surface area contributed by atoms with E-state index in [0.29, 0.717) is 28.6 Å². The van der Waals surface area contributed by atoms with Crippen molar-refractivity contribution in [1.82, 2.24) is 4.57 Å². The number of aromatic nitrogens is 1. The van der Waals surface area contributed by atoms with Gasteiger partial charge in [0.25, 0.3) is 0 Å². The van der Waals surface area contributed by atoms with E-state index in [9.17, 15) is 9.90 Å². The Kier molecular flexibility index (Phi) is 4.35. The van der Waals surface area contributed by atoms with Gasteiger partial charge in [0.1, 0.15) is 12.3 Å². The first-order valence-corrected chi connectivity index (χ1v) is 7.25. The molecular formula is C14H18BrN2O3+. The van der Waals surface area contributed by atoms with E-state index in [0.717, 1.165) is 11.2 Å². The largest absolute Gasteiger partial charge is 0.507 e. The number of rotatable bonds is 4. The third-order valence-corrected chi connectivity index (χ3v) is 3.90. The maximum atomic E-state index is 12.2. The lowest BCUT2D eigenvalue weighted by Crippen LogP contribution is -2.78. The molecule has 0 amide bonds. The van der Waals surface area contributed by atoms with E-state index in [2.05, 4.69) is 15.9 Å². The number of phenols is 1. The molecule has 2 aromatic rings. The minimum atomic E-state index is -0.350. The summed E-state index contributed by atoms with van der Waals surface area (Å²) in [5.74, 6) is -0.239. The quantitative estimate of drug-likeness (QED) is 0.828. The van der Waals surface area contributed by atoms with Crippen LogP contribution in [0.15, 0.2) is 16.6 Å². The van der Waals surface area contributed by atoms with E-state index in [1.807, 2.05) is 30.0 Å². The smallest absolute Gasteiger partial charge is 0.340 e. The van der Waals surface area contributed by atoms with Gasteiger partial charge in [-0.1, -0.05) is 0 Å². The molecule has 0 aliphatic carbocycles. The van der Waals surface area contributed by atoms with Crippen LogP contribution in [0.25, 0.3) is 10.9 Å². The zero-order valence-electron chi connectivity index (χ0n) is 11.7. The number of aryl methyl sites for hydroxylation is 1. The maximum Gasteiger partial charge on any atom is 0.340 e. The topological polar surface area (TPSA) is 68.1 Å². The fraction of sp³-hybridized carbons (Fsp3) is 0.357. The predicted molar refractivity (Wildman–Crippen MR) is 79.8 cm³/mol.